The summed E-state index contributed by atoms with van der Waals surface area (Å²) in [6.07, 6.45) is 2.80. The standard InChI is InChI=1S/C25H34N6O4S/c1-4-5-8-17(16(14-32)22(33)29-21-11-12-26-30-21)28-24(34)35-20-13-31(15-25(20,2)3)23-27-18-9-6-7-10-19(18)36-23/h6-7,9-12,16-17,20,32H,4-5,8,13-15H2,1-3H3,(H,28,34)(H2,26,29,30,33)/t16?,17-,20+/m0/s1. The van der Waals surface area contributed by atoms with Crippen molar-refractivity contribution >= 4 is 44.5 Å². The van der Waals surface area contributed by atoms with Gasteiger partial charge in [-0.05, 0) is 18.6 Å². The van der Waals surface area contributed by atoms with E-state index in [1.807, 2.05) is 25.1 Å². The van der Waals surface area contributed by atoms with Crippen LogP contribution in [0.3, 0.4) is 0 Å². The van der Waals surface area contributed by atoms with Crippen LogP contribution in [0, 0.1) is 11.3 Å². The van der Waals surface area contributed by atoms with Gasteiger partial charge in [-0.25, -0.2) is 9.78 Å². The second kappa shape index (κ2) is 11.3. The quantitative estimate of drug-likeness (QED) is 0.324. The zero-order chi connectivity index (χ0) is 25.7. The molecule has 1 fully saturated rings. The van der Waals surface area contributed by atoms with E-state index < -0.39 is 30.6 Å². The fourth-order valence-electron chi connectivity index (χ4n) is 4.50. The van der Waals surface area contributed by atoms with Gasteiger partial charge >= 0.3 is 6.09 Å². The first-order valence-electron chi connectivity index (χ1n) is 12.3. The zero-order valence-corrected chi connectivity index (χ0v) is 21.7. The number of amides is 2. The Morgan fingerprint density at radius 3 is 2.83 bits per heavy atom. The number of benzene rings is 1. The summed E-state index contributed by atoms with van der Waals surface area (Å²) in [5, 5.41) is 23.0. The molecule has 2 amide bonds. The molecule has 0 bridgehead atoms. The van der Waals surface area contributed by atoms with Crippen molar-refractivity contribution in [2.45, 2.75) is 52.2 Å². The minimum absolute atomic E-state index is 0.289. The van der Waals surface area contributed by atoms with Gasteiger partial charge in [0.05, 0.1) is 35.5 Å². The molecule has 0 aliphatic carbocycles. The number of aromatic amines is 1. The van der Waals surface area contributed by atoms with Gasteiger partial charge in [0.2, 0.25) is 5.91 Å². The molecule has 0 saturated carbocycles. The number of unbranched alkanes of at least 4 members (excludes halogenated alkanes) is 1. The first kappa shape index (κ1) is 25.9. The highest BCUT2D eigenvalue weighted by atomic mass is 32.1. The number of ether oxygens (including phenoxy) is 1. The van der Waals surface area contributed by atoms with Crippen LogP contribution in [0.25, 0.3) is 10.2 Å². The number of anilines is 2. The van der Waals surface area contributed by atoms with Crippen molar-refractivity contribution in [1.82, 2.24) is 20.5 Å². The monoisotopic (exact) mass is 514 g/mol. The third kappa shape index (κ3) is 5.96. The summed E-state index contributed by atoms with van der Waals surface area (Å²) < 4.78 is 7.02. The first-order chi connectivity index (χ1) is 17.3. The highest BCUT2D eigenvalue weighted by Gasteiger charge is 2.43. The first-order valence-corrected chi connectivity index (χ1v) is 13.1. The molecule has 0 spiro atoms. The molecule has 1 aliphatic heterocycles. The summed E-state index contributed by atoms with van der Waals surface area (Å²) >= 11 is 1.63. The highest BCUT2D eigenvalue weighted by molar-refractivity contribution is 7.22. The maximum Gasteiger partial charge on any atom is 0.407 e. The number of carbonyl (C=O) groups is 2. The van der Waals surface area contributed by atoms with Crippen LogP contribution in [-0.2, 0) is 9.53 Å². The molecule has 3 atom stereocenters. The molecular formula is C25H34N6O4S. The second-order valence-electron chi connectivity index (χ2n) is 9.87. The zero-order valence-electron chi connectivity index (χ0n) is 20.9. The Kier molecular flexibility index (Phi) is 8.10. The topological polar surface area (TPSA) is 132 Å². The Hall–Kier alpha value is -3.18. The lowest BCUT2D eigenvalue weighted by molar-refractivity contribution is -0.122. The lowest BCUT2D eigenvalue weighted by Gasteiger charge is -2.28. The van der Waals surface area contributed by atoms with E-state index in [1.165, 1.54) is 6.20 Å². The van der Waals surface area contributed by atoms with Crippen LogP contribution >= 0.6 is 11.3 Å². The number of alkyl carbamates (subject to hydrolysis) is 1. The SMILES string of the molecule is CCCC[C@H](NC(=O)O[C@@H]1CN(c2nc3ccccc3s2)CC1(C)C)C(CO)C(=O)Nc1ccn[nH]1. The van der Waals surface area contributed by atoms with Crippen LogP contribution in [-0.4, -0.2) is 64.1 Å². The van der Waals surface area contributed by atoms with Gasteiger partial charge < -0.3 is 25.4 Å². The van der Waals surface area contributed by atoms with Crippen LogP contribution in [0.4, 0.5) is 15.7 Å². The van der Waals surface area contributed by atoms with Crippen molar-refractivity contribution in [2.75, 3.05) is 29.9 Å². The number of thiazole rings is 1. The van der Waals surface area contributed by atoms with Gasteiger partial charge in [0, 0.05) is 24.1 Å². The molecule has 36 heavy (non-hydrogen) atoms. The minimum Gasteiger partial charge on any atom is -0.444 e. The Bertz CT molecular complexity index is 1130. The van der Waals surface area contributed by atoms with E-state index >= 15 is 0 Å². The summed E-state index contributed by atoms with van der Waals surface area (Å²) in [4.78, 5) is 32.7. The number of carbonyl (C=O) groups excluding carboxylic acids is 2. The molecule has 2 aromatic heterocycles. The van der Waals surface area contributed by atoms with Crippen molar-refractivity contribution in [1.29, 1.82) is 0 Å². The number of para-hydroxylation sites is 1. The molecule has 11 heteroatoms. The fraction of sp³-hybridized carbons (Fsp3) is 0.520. The van der Waals surface area contributed by atoms with Crippen molar-refractivity contribution in [3.8, 4) is 0 Å². The number of nitrogens with one attached hydrogen (secondary N) is 3. The predicted molar refractivity (Wildman–Crippen MR) is 140 cm³/mol. The molecule has 3 aromatic rings. The van der Waals surface area contributed by atoms with Gasteiger partial charge in [-0.3, -0.25) is 9.89 Å². The molecule has 1 aliphatic rings. The van der Waals surface area contributed by atoms with Crippen LogP contribution in [0.1, 0.15) is 40.0 Å². The number of aliphatic hydroxyl groups excluding tert-OH is 1. The second-order valence-corrected chi connectivity index (χ2v) is 10.9. The van der Waals surface area contributed by atoms with Crippen molar-refractivity contribution in [3.05, 3.63) is 36.5 Å². The van der Waals surface area contributed by atoms with E-state index in [4.69, 9.17) is 9.72 Å². The van der Waals surface area contributed by atoms with E-state index in [0.717, 1.165) is 28.2 Å². The molecule has 1 saturated heterocycles. The van der Waals surface area contributed by atoms with Crippen LogP contribution in [0.15, 0.2) is 36.5 Å². The van der Waals surface area contributed by atoms with Crippen LogP contribution in [0.2, 0.25) is 0 Å². The van der Waals surface area contributed by atoms with Crippen molar-refractivity contribution in [2.24, 2.45) is 11.3 Å². The number of aromatic nitrogens is 3. The third-order valence-electron chi connectivity index (χ3n) is 6.61. The molecule has 1 aromatic carbocycles. The van der Waals surface area contributed by atoms with Crippen molar-refractivity contribution in [3.63, 3.8) is 0 Å². The lowest BCUT2D eigenvalue weighted by atomic mass is 9.90. The Balaban J connectivity index is 1.41. The lowest BCUT2D eigenvalue weighted by Crippen LogP contribution is -2.48. The van der Waals surface area contributed by atoms with Gasteiger partial charge in [-0.2, -0.15) is 5.10 Å². The number of nitrogens with zero attached hydrogens (tertiary/aromatic N) is 3. The van der Waals surface area contributed by atoms with E-state index in [1.54, 1.807) is 17.4 Å². The smallest absolute Gasteiger partial charge is 0.407 e. The Morgan fingerprint density at radius 2 is 2.14 bits per heavy atom. The normalized spacial score (nSPS) is 18.7. The number of H-pyrrole nitrogens is 1. The summed E-state index contributed by atoms with van der Waals surface area (Å²) in [5.41, 5.74) is 0.669. The van der Waals surface area contributed by atoms with Crippen molar-refractivity contribution < 1.29 is 19.4 Å². The summed E-state index contributed by atoms with van der Waals surface area (Å²) in [7, 11) is 0. The number of fused-ring (bicyclic) bond motifs is 1. The largest absolute Gasteiger partial charge is 0.444 e. The molecule has 4 rings (SSSR count). The Morgan fingerprint density at radius 1 is 1.33 bits per heavy atom. The maximum absolute atomic E-state index is 13.0. The van der Waals surface area contributed by atoms with Gasteiger partial charge in [0.15, 0.2) is 5.13 Å². The van der Waals surface area contributed by atoms with Gasteiger partial charge in [0.1, 0.15) is 11.9 Å². The van der Waals surface area contributed by atoms with E-state index in [0.29, 0.717) is 25.3 Å². The van der Waals surface area contributed by atoms with Crippen LogP contribution in [0.5, 0.6) is 0 Å². The summed E-state index contributed by atoms with van der Waals surface area (Å²) in [6, 6.07) is 9.06. The fourth-order valence-corrected chi connectivity index (χ4v) is 5.47. The van der Waals surface area contributed by atoms with E-state index in [2.05, 4.69) is 45.6 Å². The minimum atomic E-state index is -0.830. The average Bonchev–Trinajstić information content (AvgIpc) is 3.57. The molecule has 4 N–H and O–H groups in total. The maximum atomic E-state index is 13.0. The summed E-state index contributed by atoms with van der Waals surface area (Å²) in [5.74, 6) is -0.799. The van der Waals surface area contributed by atoms with Crippen LogP contribution < -0.4 is 15.5 Å². The Labute approximate surface area is 214 Å². The third-order valence-corrected chi connectivity index (χ3v) is 7.71. The van der Waals surface area contributed by atoms with Gasteiger partial charge in [-0.15, -0.1) is 0 Å². The van der Waals surface area contributed by atoms with E-state index in [-0.39, 0.29) is 11.5 Å². The van der Waals surface area contributed by atoms with Gasteiger partial charge in [-0.1, -0.05) is 57.1 Å². The molecule has 0 radical (unpaired) electrons. The predicted octanol–water partition coefficient (Wildman–Crippen LogP) is 3.77. The summed E-state index contributed by atoms with van der Waals surface area (Å²) in [6.45, 7) is 7.00. The molecule has 10 nitrogen and oxygen atoms in total. The highest BCUT2D eigenvalue weighted by Crippen LogP contribution is 2.38. The average molecular weight is 515 g/mol. The molecular weight excluding hydrogens is 480 g/mol. The molecule has 194 valence electrons. The number of hydrogen-bond donors (Lipinski definition) is 4. The molecule has 1 unspecified atom stereocenters. The number of rotatable bonds is 10. The van der Waals surface area contributed by atoms with E-state index in [9.17, 15) is 14.7 Å². The number of aliphatic hydroxyl groups is 1. The molecule has 3 heterocycles. The number of hydrogen-bond acceptors (Lipinski definition) is 8. The van der Waals surface area contributed by atoms with Gasteiger partial charge in [0.25, 0.3) is 0 Å².